The minimum absolute atomic E-state index is 0.130. The van der Waals surface area contributed by atoms with Crippen molar-refractivity contribution in [1.82, 2.24) is 9.03 Å². The predicted molar refractivity (Wildman–Crippen MR) is 60.7 cm³/mol. The van der Waals surface area contributed by atoms with E-state index in [1.807, 2.05) is 13.8 Å². The first-order valence-corrected chi connectivity index (χ1v) is 6.62. The van der Waals surface area contributed by atoms with Crippen molar-refractivity contribution in [2.45, 2.75) is 33.7 Å². The lowest BCUT2D eigenvalue weighted by atomic mass is 10.2. The van der Waals surface area contributed by atoms with E-state index in [4.69, 9.17) is 5.11 Å². The Kier molecular flexibility index (Phi) is 6.35. The molecule has 0 heterocycles. The summed E-state index contributed by atoms with van der Waals surface area (Å²) in [6.45, 7) is 7.82. The van der Waals surface area contributed by atoms with Crippen LogP contribution in [0.1, 0.15) is 27.7 Å². The fourth-order valence-corrected chi connectivity index (χ4v) is 2.70. The molecule has 6 heteroatoms. The quantitative estimate of drug-likeness (QED) is 0.665. The number of hydrogen-bond acceptors (Lipinski definition) is 3. The molecule has 0 atom stereocenters. The van der Waals surface area contributed by atoms with Crippen molar-refractivity contribution < 1.29 is 13.5 Å². The molecule has 0 unspecified atom stereocenters. The molecule has 92 valence electrons. The highest BCUT2D eigenvalue weighted by Crippen LogP contribution is 2.04. The Balaban J connectivity index is 4.50. The zero-order chi connectivity index (χ0) is 12.1. The predicted octanol–water partition coefficient (Wildman–Crippen LogP) is 0.179. The van der Waals surface area contributed by atoms with Gasteiger partial charge in [0.05, 0.1) is 6.61 Å². The first-order valence-electron chi connectivity index (χ1n) is 5.18. The monoisotopic (exact) mass is 238 g/mol. The van der Waals surface area contributed by atoms with Gasteiger partial charge in [0.2, 0.25) is 0 Å². The van der Waals surface area contributed by atoms with Crippen molar-refractivity contribution in [2.75, 3.05) is 19.7 Å². The average molecular weight is 238 g/mol. The molecule has 15 heavy (non-hydrogen) atoms. The third-order valence-corrected chi connectivity index (χ3v) is 3.63. The van der Waals surface area contributed by atoms with Crippen LogP contribution >= 0.6 is 0 Å². The molecule has 0 radical (unpaired) electrons. The summed E-state index contributed by atoms with van der Waals surface area (Å²) in [6.07, 6.45) is 0. The molecule has 2 N–H and O–H groups in total. The second-order valence-corrected chi connectivity index (χ2v) is 5.88. The molecule has 0 aromatic rings. The highest BCUT2D eigenvalue weighted by molar-refractivity contribution is 7.87. The molecular weight excluding hydrogens is 216 g/mol. The van der Waals surface area contributed by atoms with Gasteiger partial charge >= 0.3 is 0 Å². The van der Waals surface area contributed by atoms with Gasteiger partial charge in [0.15, 0.2) is 0 Å². The number of nitrogens with zero attached hydrogens (tertiary/aromatic N) is 1. The minimum Gasteiger partial charge on any atom is -0.395 e. The largest absolute Gasteiger partial charge is 0.395 e. The Labute approximate surface area is 92.7 Å². The first kappa shape index (κ1) is 14.8. The van der Waals surface area contributed by atoms with Crippen LogP contribution in [0, 0.1) is 5.92 Å². The van der Waals surface area contributed by atoms with Crippen LogP contribution in [0.15, 0.2) is 0 Å². The number of aliphatic hydroxyl groups excluding tert-OH is 1. The van der Waals surface area contributed by atoms with E-state index in [0.717, 1.165) is 0 Å². The van der Waals surface area contributed by atoms with Gasteiger partial charge < -0.3 is 5.11 Å². The first-order chi connectivity index (χ1) is 6.81. The van der Waals surface area contributed by atoms with Gasteiger partial charge in [-0.1, -0.05) is 13.8 Å². The second-order valence-electron chi connectivity index (χ2n) is 4.18. The lowest BCUT2D eigenvalue weighted by Gasteiger charge is -2.25. The van der Waals surface area contributed by atoms with Crippen molar-refractivity contribution >= 4 is 10.2 Å². The summed E-state index contributed by atoms with van der Waals surface area (Å²) >= 11 is 0. The van der Waals surface area contributed by atoms with Gasteiger partial charge in [-0.3, -0.25) is 0 Å². The molecule has 0 fully saturated rings. The maximum Gasteiger partial charge on any atom is 0.279 e. The third-order valence-electron chi connectivity index (χ3n) is 1.88. The Hall–Kier alpha value is -0.170. The summed E-state index contributed by atoms with van der Waals surface area (Å²) in [5, 5.41) is 8.79. The summed E-state index contributed by atoms with van der Waals surface area (Å²) in [7, 11) is -3.46. The smallest absolute Gasteiger partial charge is 0.279 e. The van der Waals surface area contributed by atoms with Gasteiger partial charge in [0.1, 0.15) is 0 Å². The lowest BCUT2D eigenvalue weighted by Crippen LogP contribution is -2.46. The van der Waals surface area contributed by atoms with Crippen LogP contribution in [0.2, 0.25) is 0 Å². The summed E-state index contributed by atoms with van der Waals surface area (Å²) in [4.78, 5) is 0. The summed E-state index contributed by atoms with van der Waals surface area (Å²) in [5.41, 5.74) is 0. The Bertz CT molecular complexity index is 263. The van der Waals surface area contributed by atoms with Gasteiger partial charge in [-0.2, -0.15) is 12.7 Å². The number of nitrogens with one attached hydrogen (secondary N) is 1. The number of rotatable bonds is 7. The second kappa shape index (κ2) is 6.42. The lowest BCUT2D eigenvalue weighted by molar-refractivity contribution is 0.235. The van der Waals surface area contributed by atoms with Crippen LogP contribution in [-0.4, -0.2) is 43.6 Å². The van der Waals surface area contributed by atoms with E-state index in [1.54, 1.807) is 13.8 Å². The Morgan fingerprint density at radius 1 is 1.27 bits per heavy atom. The van der Waals surface area contributed by atoms with Gasteiger partial charge in [-0.05, 0) is 19.8 Å². The van der Waals surface area contributed by atoms with Crippen molar-refractivity contribution in [2.24, 2.45) is 5.92 Å². The van der Waals surface area contributed by atoms with Crippen LogP contribution in [-0.2, 0) is 10.2 Å². The van der Waals surface area contributed by atoms with E-state index in [1.165, 1.54) is 4.31 Å². The standard InChI is InChI=1S/C9H22N2O3S/c1-8(2)7-10-15(13,14)11(5-6-12)9(3)4/h8-10,12H,5-7H2,1-4H3. The Morgan fingerprint density at radius 3 is 2.13 bits per heavy atom. The van der Waals surface area contributed by atoms with Gasteiger partial charge in [-0.25, -0.2) is 4.72 Å². The maximum atomic E-state index is 11.8. The van der Waals surface area contributed by atoms with Gasteiger partial charge in [0.25, 0.3) is 10.2 Å². The average Bonchev–Trinajstić information content (AvgIpc) is 2.10. The molecule has 0 saturated carbocycles. The zero-order valence-electron chi connectivity index (χ0n) is 9.90. The summed E-state index contributed by atoms with van der Waals surface area (Å²) in [6, 6.07) is -0.151. The summed E-state index contributed by atoms with van der Waals surface area (Å²) in [5.74, 6) is 0.267. The molecule has 0 saturated heterocycles. The summed E-state index contributed by atoms with van der Waals surface area (Å²) < 4.78 is 27.3. The molecule has 0 spiro atoms. The van der Waals surface area contributed by atoms with E-state index < -0.39 is 10.2 Å². The molecule has 0 rings (SSSR count). The third kappa shape index (κ3) is 5.46. The van der Waals surface area contributed by atoms with Crippen LogP contribution < -0.4 is 4.72 Å². The van der Waals surface area contributed by atoms with Crippen LogP contribution in [0.5, 0.6) is 0 Å². The van der Waals surface area contributed by atoms with Gasteiger partial charge in [0, 0.05) is 19.1 Å². The van der Waals surface area contributed by atoms with Crippen molar-refractivity contribution in [1.29, 1.82) is 0 Å². The zero-order valence-corrected chi connectivity index (χ0v) is 10.7. The fourth-order valence-electron chi connectivity index (χ4n) is 1.11. The molecule has 0 aliphatic carbocycles. The molecule has 0 amide bonds. The molecule has 0 aliphatic heterocycles. The maximum absolute atomic E-state index is 11.8. The van der Waals surface area contributed by atoms with E-state index in [-0.39, 0.29) is 25.1 Å². The topological polar surface area (TPSA) is 69.6 Å². The fraction of sp³-hybridized carbons (Fsp3) is 1.00. The molecular formula is C9H22N2O3S. The molecule has 0 aromatic carbocycles. The molecule has 5 nitrogen and oxygen atoms in total. The van der Waals surface area contributed by atoms with E-state index >= 15 is 0 Å². The highest BCUT2D eigenvalue weighted by Gasteiger charge is 2.23. The van der Waals surface area contributed by atoms with Crippen molar-refractivity contribution in [3.63, 3.8) is 0 Å². The SMILES string of the molecule is CC(C)CNS(=O)(=O)N(CCO)C(C)C. The van der Waals surface area contributed by atoms with Gasteiger partial charge in [-0.15, -0.1) is 0 Å². The van der Waals surface area contributed by atoms with E-state index in [9.17, 15) is 8.42 Å². The molecule has 0 aliphatic rings. The Morgan fingerprint density at radius 2 is 1.80 bits per heavy atom. The van der Waals surface area contributed by atoms with E-state index in [0.29, 0.717) is 6.54 Å². The van der Waals surface area contributed by atoms with Crippen molar-refractivity contribution in [3.8, 4) is 0 Å². The normalized spacial score (nSPS) is 13.1. The highest BCUT2D eigenvalue weighted by atomic mass is 32.2. The number of hydrogen-bond donors (Lipinski definition) is 2. The minimum atomic E-state index is -3.46. The van der Waals surface area contributed by atoms with Crippen LogP contribution in [0.4, 0.5) is 0 Å². The van der Waals surface area contributed by atoms with Crippen molar-refractivity contribution in [3.05, 3.63) is 0 Å². The molecule has 0 aromatic heterocycles. The number of aliphatic hydroxyl groups is 1. The van der Waals surface area contributed by atoms with Crippen LogP contribution in [0.25, 0.3) is 0 Å². The van der Waals surface area contributed by atoms with E-state index in [2.05, 4.69) is 4.72 Å². The van der Waals surface area contributed by atoms with Crippen LogP contribution in [0.3, 0.4) is 0 Å². The molecule has 0 bridgehead atoms.